The first kappa shape index (κ1) is 41.7. The van der Waals surface area contributed by atoms with E-state index in [0.29, 0.717) is 54.8 Å². The quantitative estimate of drug-likeness (QED) is 0.0652. The van der Waals surface area contributed by atoms with Gasteiger partial charge in [-0.3, -0.25) is 14.4 Å². The number of ether oxygens (including phenoxy) is 3. The molecule has 0 unspecified atom stereocenters. The highest BCUT2D eigenvalue weighted by Gasteiger charge is 2.28. The summed E-state index contributed by atoms with van der Waals surface area (Å²) in [6, 6.07) is 28.6. The van der Waals surface area contributed by atoms with Crippen LogP contribution in [-0.2, 0) is 37.1 Å². The number of hydrogen-bond acceptors (Lipinski definition) is 8. The van der Waals surface area contributed by atoms with Crippen molar-refractivity contribution in [2.24, 2.45) is 0 Å². The minimum absolute atomic E-state index is 0.00796. The van der Waals surface area contributed by atoms with E-state index in [4.69, 9.17) is 37.4 Å². The fourth-order valence-corrected chi connectivity index (χ4v) is 6.04. The van der Waals surface area contributed by atoms with Gasteiger partial charge in [-0.15, -0.1) is 23.2 Å². The monoisotopic (exact) mass is 775 g/mol. The van der Waals surface area contributed by atoms with Crippen LogP contribution in [0.1, 0.15) is 59.7 Å². The molecule has 2 atom stereocenters. The molecule has 4 rings (SSSR count). The summed E-state index contributed by atoms with van der Waals surface area (Å²) in [5, 5.41) is 5.51. The fourth-order valence-electron chi connectivity index (χ4n) is 5.64. The largest absolute Gasteiger partial charge is 0.461 e. The molecule has 2 amide bonds. The van der Waals surface area contributed by atoms with E-state index in [1.807, 2.05) is 92.7 Å². The number of halogens is 2. The molecule has 10 nitrogen and oxygen atoms in total. The van der Waals surface area contributed by atoms with Crippen LogP contribution >= 0.6 is 23.2 Å². The van der Waals surface area contributed by atoms with Gasteiger partial charge in [0.1, 0.15) is 36.8 Å². The second-order valence-corrected chi connectivity index (χ2v) is 13.3. The molecule has 2 N–H and O–H groups in total. The first-order chi connectivity index (χ1) is 26.2. The van der Waals surface area contributed by atoms with Gasteiger partial charge in [-0.25, -0.2) is 4.79 Å². The van der Waals surface area contributed by atoms with Crippen LogP contribution in [-0.4, -0.2) is 60.7 Å². The number of nitrogens with zero attached hydrogens (tertiary/aromatic N) is 1. The number of esters is 2. The second-order valence-electron chi connectivity index (χ2n) is 12.6. The number of hydrogen-bond donors (Lipinski definition) is 2. The number of nitrogens with one attached hydrogen (secondary N) is 2. The van der Waals surface area contributed by atoms with Crippen molar-refractivity contribution in [3.05, 3.63) is 125 Å². The lowest BCUT2D eigenvalue weighted by Gasteiger charge is -2.25. The zero-order valence-corrected chi connectivity index (χ0v) is 32.1. The van der Waals surface area contributed by atoms with E-state index < -0.39 is 35.8 Å². The second kappa shape index (κ2) is 22.2. The Bertz CT molecular complexity index is 1790. The van der Waals surface area contributed by atoms with Crippen molar-refractivity contribution in [2.45, 2.75) is 64.8 Å². The highest BCUT2D eigenvalue weighted by Crippen LogP contribution is 2.28. The van der Waals surface area contributed by atoms with E-state index in [1.54, 1.807) is 24.3 Å². The van der Waals surface area contributed by atoms with E-state index in [1.165, 1.54) is 0 Å². The first-order valence-corrected chi connectivity index (χ1v) is 19.0. The van der Waals surface area contributed by atoms with Crippen LogP contribution < -0.4 is 20.3 Å². The summed E-state index contributed by atoms with van der Waals surface area (Å²) in [5.41, 5.74) is 3.95. The van der Waals surface area contributed by atoms with Gasteiger partial charge in [0, 0.05) is 42.5 Å². The third-order valence-corrected chi connectivity index (χ3v) is 8.81. The van der Waals surface area contributed by atoms with Gasteiger partial charge in [0.15, 0.2) is 0 Å². The topological polar surface area (TPSA) is 123 Å². The zero-order chi connectivity index (χ0) is 38.7. The summed E-state index contributed by atoms with van der Waals surface area (Å²) in [5.74, 6) is -0.144. The van der Waals surface area contributed by atoms with E-state index in [0.717, 1.165) is 22.4 Å². The summed E-state index contributed by atoms with van der Waals surface area (Å²) in [4.78, 5) is 54.9. The molecule has 0 aliphatic carbocycles. The summed E-state index contributed by atoms with van der Waals surface area (Å²) < 4.78 is 17.0. The number of carbonyl (C=O) groups is 4. The van der Waals surface area contributed by atoms with Crippen LogP contribution in [0.5, 0.6) is 11.5 Å². The van der Waals surface area contributed by atoms with E-state index >= 15 is 0 Å². The third-order valence-electron chi connectivity index (χ3n) is 8.47. The maximum absolute atomic E-state index is 13.6. The Hall–Kier alpha value is -5.06. The molecule has 0 saturated heterocycles. The fraction of sp³-hybridized carbons (Fsp3) is 0.333. The molecular weight excluding hydrogens is 729 g/mol. The van der Waals surface area contributed by atoms with Gasteiger partial charge >= 0.3 is 11.9 Å². The van der Waals surface area contributed by atoms with Gasteiger partial charge in [-0.1, -0.05) is 74.0 Å². The predicted molar refractivity (Wildman–Crippen MR) is 211 cm³/mol. The van der Waals surface area contributed by atoms with Crippen molar-refractivity contribution in [3.63, 3.8) is 0 Å². The molecule has 12 heteroatoms. The Morgan fingerprint density at radius 3 is 1.87 bits per heavy atom. The predicted octanol–water partition coefficient (Wildman–Crippen LogP) is 7.72. The van der Waals surface area contributed by atoms with Gasteiger partial charge in [0.05, 0.1) is 0 Å². The zero-order valence-electron chi connectivity index (χ0n) is 30.6. The average Bonchev–Trinajstić information content (AvgIpc) is 3.18. The molecule has 54 heavy (non-hydrogen) atoms. The van der Waals surface area contributed by atoms with Crippen molar-refractivity contribution in [1.82, 2.24) is 10.6 Å². The lowest BCUT2D eigenvalue weighted by Crippen LogP contribution is -2.52. The number of carbonyl (C=O) groups excluding carboxylic acids is 4. The Kier molecular flexibility index (Phi) is 17.2. The Balaban J connectivity index is 1.38. The van der Waals surface area contributed by atoms with E-state index in [9.17, 15) is 19.2 Å². The summed E-state index contributed by atoms with van der Waals surface area (Å²) in [6.07, 6.45) is 0.699. The van der Waals surface area contributed by atoms with Crippen LogP contribution in [0.3, 0.4) is 0 Å². The third kappa shape index (κ3) is 13.4. The SMILES string of the molecule is CCC[C@H](NC(=O)c1ccc(Oc2ccc(N(CCCl)CCCl)c(C)c2)cc1)C(=O)N[C@@H](CCC(=O)OCc1ccccc1)C(=O)OCc1ccccc1. The molecule has 0 spiro atoms. The van der Waals surface area contributed by atoms with Gasteiger partial charge < -0.3 is 29.7 Å². The van der Waals surface area contributed by atoms with Crippen LogP contribution in [0, 0.1) is 6.92 Å². The molecule has 0 bridgehead atoms. The maximum Gasteiger partial charge on any atom is 0.328 e. The molecule has 0 saturated carbocycles. The highest BCUT2D eigenvalue weighted by atomic mass is 35.5. The van der Waals surface area contributed by atoms with E-state index in [-0.39, 0.29) is 26.1 Å². The molecule has 4 aromatic carbocycles. The molecule has 286 valence electrons. The molecule has 4 aromatic rings. The number of alkyl halides is 2. The first-order valence-electron chi connectivity index (χ1n) is 18.0. The minimum atomic E-state index is -1.15. The highest BCUT2D eigenvalue weighted by molar-refractivity contribution is 6.18. The molecule has 0 aromatic heterocycles. The summed E-state index contributed by atoms with van der Waals surface area (Å²) >= 11 is 12.0. The van der Waals surface area contributed by atoms with Crippen LogP contribution in [0.4, 0.5) is 5.69 Å². The smallest absolute Gasteiger partial charge is 0.328 e. The van der Waals surface area contributed by atoms with Gasteiger partial charge in [-0.05, 0) is 78.9 Å². The number of aryl methyl sites for hydroxylation is 1. The minimum Gasteiger partial charge on any atom is -0.461 e. The van der Waals surface area contributed by atoms with Crippen LogP contribution in [0.15, 0.2) is 103 Å². The molecule has 0 radical (unpaired) electrons. The standard InChI is InChI=1S/C42H47Cl2N3O7/c1-3-10-36(45-40(49)33-15-17-34(18-16-33)54-35-19-21-38(30(2)27-35)47(25-23-43)26-24-44)41(50)46-37(42(51)53-29-32-13-8-5-9-14-32)20-22-39(48)52-28-31-11-6-4-7-12-31/h4-9,11-19,21,27,36-37H,3,10,20,22-26,28-29H2,1-2H3,(H,45,49)(H,46,50)/t36-,37-/m0/s1. The summed E-state index contributed by atoms with van der Waals surface area (Å²) in [6.45, 7) is 5.30. The molecule has 0 heterocycles. The summed E-state index contributed by atoms with van der Waals surface area (Å²) in [7, 11) is 0. The van der Waals surface area contributed by atoms with Crippen molar-refractivity contribution in [3.8, 4) is 11.5 Å². The van der Waals surface area contributed by atoms with Crippen LogP contribution in [0.2, 0.25) is 0 Å². The number of rotatable bonds is 21. The van der Waals surface area contributed by atoms with Crippen molar-refractivity contribution < 1.29 is 33.4 Å². The number of benzene rings is 4. The average molecular weight is 777 g/mol. The van der Waals surface area contributed by atoms with Gasteiger partial charge in [0.25, 0.3) is 5.91 Å². The number of anilines is 1. The molecule has 0 aliphatic heterocycles. The lowest BCUT2D eigenvalue weighted by atomic mass is 10.1. The van der Waals surface area contributed by atoms with Gasteiger partial charge in [0.2, 0.25) is 5.91 Å². The van der Waals surface area contributed by atoms with Crippen molar-refractivity contribution in [1.29, 1.82) is 0 Å². The number of amides is 2. The Labute approximate surface area is 327 Å². The molecular formula is C42H47Cl2N3O7. The normalized spacial score (nSPS) is 11.9. The van der Waals surface area contributed by atoms with Gasteiger partial charge in [-0.2, -0.15) is 0 Å². The molecule has 0 fully saturated rings. The lowest BCUT2D eigenvalue weighted by molar-refractivity contribution is -0.150. The van der Waals surface area contributed by atoms with Crippen LogP contribution in [0.25, 0.3) is 0 Å². The van der Waals surface area contributed by atoms with E-state index in [2.05, 4.69) is 15.5 Å². The Morgan fingerprint density at radius 2 is 1.30 bits per heavy atom. The maximum atomic E-state index is 13.6. The van der Waals surface area contributed by atoms with Crippen molar-refractivity contribution in [2.75, 3.05) is 29.7 Å². The van der Waals surface area contributed by atoms with Crippen molar-refractivity contribution >= 4 is 52.6 Å². The molecule has 0 aliphatic rings. The Morgan fingerprint density at radius 1 is 0.704 bits per heavy atom.